The van der Waals surface area contributed by atoms with Crippen molar-refractivity contribution in [1.29, 1.82) is 0 Å². The van der Waals surface area contributed by atoms with Gasteiger partial charge in [-0.1, -0.05) is 41.1 Å². The molecule has 1 aromatic heterocycles. The fourth-order valence-electron chi connectivity index (χ4n) is 1.72. The Bertz CT molecular complexity index is 757. The van der Waals surface area contributed by atoms with Gasteiger partial charge in [0.25, 0.3) is 5.91 Å². The number of carbonyl (C=O) groups excluding carboxylic acids is 1. The van der Waals surface area contributed by atoms with E-state index >= 15 is 0 Å². The largest absolute Gasteiger partial charge is 0.273 e. The van der Waals surface area contributed by atoms with E-state index in [9.17, 15) is 4.79 Å². The molecule has 3 rings (SSSR count). The van der Waals surface area contributed by atoms with Crippen LogP contribution in [-0.4, -0.2) is 10.9 Å². The zero-order valence-electron chi connectivity index (χ0n) is 10.3. The van der Waals surface area contributed by atoms with Crippen molar-refractivity contribution in [2.24, 2.45) is 0 Å². The van der Waals surface area contributed by atoms with Crippen molar-refractivity contribution in [3.63, 3.8) is 0 Å². The van der Waals surface area contributed by atoms with Crippen LogP contribution >= 0.6 is 22.9 Å². The smallest absolute Gasteiger partial charge is 0.269 e. The molecule has 100 valence electrons. The summed E-state index contributed by atoms with van der Waals surface area (Å²) in [6.45, 7) is 0. The molecule has 0 fully saturated rings. The van der Waals surface area contributed by atoms with Crippen LogP contribution < -0.4 is 10.9 Å². The van der Waals surface area contributed by atoms with Crippen LogP contribution in [0.2, 0.25) is 5.02 Å². The van der Waals surface area contributed by atoms with Gasteiger partial charge in [-0.25, -0.2) is 4.98 Å². The first-order chi connectivity index (χ1) is 9.72. The summed E-state index contributed by atoms with van der Waals surface area (Å²) in [5, 5.41) is 1.28. The first-order valence-corrected chi connectivity index (χ1v) is 7.09. The molecule has 0 spiro atoms. The molecule has 0 aliphatic rings. The summed E-state index contributed by atoms with van der Waals surface area (Å²) in [5.74, 6) is -0.206. The molecule has 0 aliphatic carbocycles. The SMILES string of the molecule is O=C(NNc1nc2ccc(Cl)cc2s1)c1ccccc1. The number of rotatable bonds is 3. The first kappa shape index (κ1) is 12.9. The molecule has 20 heavy (non-hydrogen) atoms. The molecule has 2 N–H and O–H groups in total. The summed E-state index contributed by atoms with van der Waals surface area (Å²) in [4.78, 5) is 16.2. The van der Waals surface area contributed by atoms with Gasteiger partial charge in [-0.15, -0.1) is 0 Å². The van der Waals surface area contributed by atoms with Crippen LogP contribution in [0.15, 0.2) is 48.5 Å². The van der Waals surface area contributed by atoms with Gasteiger partial charge in [-0.05, 0) is 30.3 Å². The minimum atomic E-state index is -0.206. The monoisotopic (exact) mass is 303 g/mol. The minimum Gasteiger partial charge on any atom is -0.273 e. The molecule has 2 aromatic carbocycles. The number of hydrogen-bond donors (Lipinski definition) is 2. The highest BCUT2D eigenvalue weighted by Gasteiger charge is 2.07. The summed E-state index contributed by atoms with van der Waals surface area (Å²) >= 11 is 7.35. The number of benzene rings is 2. The second kappa shape index (κ2) is 5.48. The second-order valence-electron chi connectivity index (χ2n) is 4.08. The molecule has 0 aliphatic heterocycles. The normalized spacial score (nSPS) is 10.4. The van der Waals surface area contributed by atoms with Gasteiger partial charge in [0.05, 0.1) is 10.2 Å². The van der Waals surface area contributed by atoms with Gasteiger partial charge in [0.15, 0.2) is 0 Å². The highest BCUT2D eigenvalue weighted by atomic mass is 35.5. The third-order valence-corrected chi connectivity index (χ3v) is 3.84. The number of anilines is 1. The van der Waals surface area contributed by atoms with E-state index in [1.165, 1.54) is 11.3 Å². The summed E-state index contributed by atoms with van der Waals surface area (Å²) in [7, 11) is 0. The van der Waals surface area contributed by atoms with Crippen LogP contribution in [0.3, 0.4) is 0 Å². The zero-order valence-corrected chi connectivity index (χ0v) is 11.8. The van der Waals surface area contributed by atoms with Gasteiger partial charge in [0.1, 0.15) is 0 Å². The minimum absolute atomic E-state index is 0.206. The predicted octanol–water partition coefficient (Wildman–Crippen LogP) is 3.71. The maximum absolute atomic E-state index is 11.9. The van der Waals surface area contributed by atoms with Gasteiger partial charge in [-0.3, -0.25) is 15.6 Å². The maximum atomic E-state index is 11.9. The fourth-order valence-corrected chi connectivity index (χ4v) is 2.82. The van der Waals surface area contributed by atoms with Gasteiger partial charge in [-0.2, -0.15) is 0 Å². The van der Waals surface area contributed by atoms with Gasteiger partial charge < -0.3 is 0 Å². The lowest BCUT2D eigenvalue weighted by atomic mass is 10.2. The molecule has 4 nitrogen and oxygen atoms in total. The van der Waals surface area contributed by atoms with Crippen molar-refractivity contribution in [2.45, 2.75) is 0 Å². The molecule has 0 saturated heterocycles. The molecule has 0 atom stereocenters. The number of amides is 1. The highest BCUT2D eigenvalue weighted by Crippen LogP contribution is 2.27. The van der Waals surface area contributed by atoms with Crippen molar-refractivity contribution in [2.75, 3.05) is 5.43 Å². The molecule has 1 amide bonds. The quantitative estimate of drug-likeness (QED) is 0.725. The van der Waals surface area contributed by atoms with E-state index in [-0.39, 0.29) is 5.91 Å². The number of nitrogens with zero attached hydrogens (tertiary/aromatic N) is 1. The molecule has 3 aromatic rings. The molecular weight excluding hydrogens is 294 g/mol. The maximum Gasteiger partial charge on any atom is 0.269 e. The number of aromatic nitrogens is 1. The fraction of sp³-hybridized carbons (Fsp3) is 0. The van der Waals surface area contributed by atoms with Crippen LogP contribution in [0, 0.1) is 0 Å². The van der Waals surface area contributed by atoms with E-state index in [2.05, 4.69) is 15.8 Å². The molecule has 6 heteroatoms. The summed E-state index contributed by atoms with van der Waals surface area (Å²) in [5.41, 5.74) is 6.86. The number of hydrazine groups is 1. The van der Waals surface area contributed by atoms with Crippen LogP contribution in [0.25, 0.3) is 10.2 Å². The molecule has 1 heterocycles. The Morgan fingerprint density at radius 1 is 1.15 bits per heavy atom. The summed E-state index contributed by atoms with van der Waals surface area (Å²) in [6.07, 6.45) is 0. The van der Waals surface area contributed by atoms with E-state index in [1.54, 1.807) is 18.2 Å². The zero-order chi connectivity index (χ0) is 13.9. The number of fused-ring (bicyclic) bond motifs is 1. The topological polar surface area (TPSA) is 54.0 Å². The molecule has 0 bridgehead atoms. The Morgan fingerprint density at radius 3 is 2.75 bits per heavy atom. The van der Waals surface area contributed by atoms with E-state index in [1.807, 2.05) is 30.3 Å². The average Bonchev–Trinajstić information content (AvgIpc) is 2.87. The average molecular weight is 304 g/mol. The Balaban J connectivity index is 1.72. The van der Waals surface area contributed by atoms with Crippen molar-refractivity contribution in [1.82, 2.24) is 10.4 Å². The lowest BCUT2D eigenvalue weighted by molar-refractivity contribution is 0.0962. The third kappa shape index (κ3) is 2.74. The number of halogens is 1. The first-order valence-electron chi connectivity index (χ1n) is 5.90. The van der Waals surface area contributed by atoms with Crippen molar-refractivity contribution >= 4 is 44.2 Å². The Hall–Kier alpha value is -2.11. The van der Waals surface area contributed by atoms with Crippen molar-refractivity contribution in [3.8, 4) is 0 Å². The predicted molar refractivity (Wildman–Crippen MR) is 82.2 cm³/mol. The van der Waals surface area contributed by atoms with E-state index in [0.29, 0.717) is 15.7 Å². The van der Waals surface area contributed by atoms with Crippen LogP contribution in [0.5, 0.6) is 0 Å². The number of carbonyl (C=O) groups is 1. The Labute approximate surface area is 124 Å². The summed E-state index contributed by atoms with van der Waals surface area (Å²) < 4.78 is 0.967. The Kier molecular flexibility index (Phi) is 3.54. The number of thiazole rings is 1. The molecule has 0 unspecified atom stereocenters. The number of hydrogen-bond acceptors (Lipinski definition) is 4. The van der Waals surface area contributed by atoms with E-state index in [4.69, 9.17) is 11.6 Å². The molecular formula is C14H10ClN3OS. The van der Waals surface area contributed by atoms with Crippen LogP contribution in [-0.2, 0) is 0 Å². The van der Waals surface area contributed by atoms with Crippen molar-refractivity contribution in [3.05, 3.63) is 59.1 Å². The van der Waals surface area contributed by atoms with Crippen LogP contribution in [0.4, 0.5) is 5.13 Å². The highest BCUT2D eigenvalue weighted by molar-refractivity contribution is 7.22. The second-order valence-corrected chi connectivity index (χ2v) is 5.54. The lowest BCUT2D eigenvalue weighted by Crippen LogP contribution is -2.29. The molecule has 0 radical (unpaired) electrons. The van der Waals surface area contributed by atoms with Gasteiger partial charge in [0, 0.05) is 10.6 Å². The van der Waals surface area contributed by atoms with Crippen LogP contribution in [0.1, 0.15) is 10.4 Å². The molecule has 0 saturated carbocycles. The van der Waals surface area contributed by atoms with E-state index < -0.39 is 0 Å². The standard InChI is InChI=1S/C14H10ClN3OS/c15-10-6-7-11-12(8-10)20-14(16-11)18-17-13(19)9-4-2-1-3-5-9/h1-8H,(H,16,18)(H,17,19). The summed E-state index contributed by atoms with van der Waals surface area (Å²) in [6, 6.07) is 14.5. The lowest BCUT2D eigenvalue weighted by Gasteiger charge is -2.04. The van der Waals surface area contributed by atoms with Gasteiger partial charge >= 0.3 is 0 Å². The number of nitrogens with one attached hydrogen (secondary N) is 2. The van der Waals surface area contributed by atoms with E-state index in [0.717, 1.165) is 10.2 Å². The van der Waals surface area contributed by atoms with Crippen molar-refractivity contribution < 1.29 is 4.79 Å². The Morgan fingerprint density at radius 2 is 1.95 bits per heavy atom. The third-order valence-electron chi connectivity index (χ3n) is 2.67. The van der Waals surface area contributed by atoms with Gasteiger partial charge in [0.2, 0.25) is 5.13 Å².